The van der Waals surface area contributed by atoms with Gasteiger partial charge in [0.15, 0.2) is 0 Å². The number of carbonyl (C=O) groups excluding carboxylic acids is 1. The molecule has 1 saturated heterocycles. The largest absolute Gasteiger partial charge is 0.394 e. The summed E-state index contributed by atoms with van der Waals surface area (Å²) in [7, 11) is 0. The van der Waals surface area contributed by atoms with E-state index < -0.39 is 0 Å². The molecule has 1 unspecified atom stereocenters. The summed E-state index contributed by atoms with van der Waals surface area (Å²) in [5.74, 6) is 0.124. The van der Waals surface area contributed by atoms with Crippen LogP contribution in [0.1, 0.15) is 36.0 Å². The standard InChI is InChI=1S/C11H16N2O3/c1-7-10(8(2)16-12-7)11(15)13-5-3-4-9(13)6-14/h9,14H,3-6H2,1-2H3/i2D. The Labute approximate surface area is 95.4 Å². The van der Waals surface area contributed by atoms with Crippen molar-refractivity contribution in [1.29, 1.82) is 0 Å². The fourth-order valence-electron chi connectivity index (χ4n) is 2.13. The summed E-state index contributed by atoms with van der Waals surface area (Å²) in [6.07, 6.45) is 1.72. The molecule has 5 nitrogen and oxygen atoms in total. The zero-order valence-electron chi connectivity index (χ0n) is 10.3. The van der Waals surface area contributed by atoms with Gasteiger partial charge >= 0.3 is 0 Å². The fraction of sp³-hybridized carbons (Fsp3) is 0.636. The van der Waals surface area contributed by atoms with Crippen LogP contribution in [0.25, 0.3) is 0 Å². The molecule has 1 N–H and O–H groups in total. The number of hydrogen-bond acceptors (Lipinski definition) is 4. The van der Waals surface area contributed by atoms with E-state index in [9.17, 15) is 9.90 Å². The third-order valence-corrected chi connectivity index (χ3v) is 3.00. The van der Waals surface area contributed by atoms with Crippen LogP contribution >= 0.6 is 0 Å². The van der Waals surface area contributed by atoms with E-state index in [1.807, 2.05) is 0 Å². The molecule has 0 aromatic carbocycles. The van der Waals surface area contributed by atoms with E-state index in [1.54, 1.807) is 11.8 Å². The second-order valence-corrected chi connectivity index (χ2v) is 4.04. The van der Waals surface area contributed by atoms with Crippen molar-refractivity contribution in [3.8, 4) is 0 Å². The van der Waals surface area contributed by atoms with Crippen molar-refractivity contribution in [3.05, 3.63) is 17.0 Å². The molecule has 1 aromatic rings. The van der Waals surface area contributed by atoms with Gasteiger partial charge in [-0.25, -0.2) is 0 Å². The highest BCUT2D eigenvalue weighted by atomic mass is 16.5. The summed E-state index contributed by atoms with van der Waals surface area (Å²) >= 11 is 0. The summed E-state index contributed by atoms with van der Waals surface area (Å²) in [4.78, 5) is 14.0. The number of nitrogens with zero attached hydrogens (tertiary/aromatic N) is 2. The van der Waals surface area contributed by atoms with Crippen molar-refractivity contribution in [2.75, 3.05) is 13.2 Å². The highest BCUT2D eigenvalue weighted by Gasteiger charge is 2.31. The van der Waals surface area contributed by atoms with Gasteiger partial charge in [-0.15, -0.1) is 0 Å². The van der Waals surface area contributed by atoms with Crippen molar-refractivity contribution in [2.45, 2.75) is 32.7 Å². The highest BCUT2D eigenvalue weighted by molar-refractivity contribution is 5.96. The maximum atomic E-state index is 12.3. The van der Waals surface area contributed by atoms with Gasteiger partial charge in [-0.2, -0.15) is 0 Å². The van der Waals surface area contributed by atoms with Gasteiger partial charge < -0.3 is 14.5 Å². The Kier molecular flexibility index (Phi) is 2.61. The molecule has 2 heterocycles. The first-order valence-electron chi connectivity index (χ1n) is 6.06. The molecule has 1 aliphatic rings. The maximum absolute atomic E-state index is 12.3. The number of aromatic nitrogens is 1. The van der Waals surface area contributed by atoms with E-state index in [2.05, 4.69) is 5.16 Å². The van der Waals surface area contributed by atoms with Gasteiger partial charge in [0.05, 0.1) is 18.3 Å². The molecule has 0 spiro atoms. The predicted octanol–water partition coefficient (Wildman–Crippen LogP) is 0.888. The Morgan fingerprint density at radius 2 is 2.62 bits per heavy atom. The second-order valence-electron chi connectivity index (χ2n) is 4.04. The van der Waals surface area contributed by atoms with Crippen LogP contribution in [0.2, 0.25) is 0 Å². The van der Waals surface area contributed by atoms with Gasteiger partial charge in [-0.3, -0.25) is 4.79 Å². The zero-order valence-corrected chi connectivity index (χ0v) is 9.27. The van der Waals surface area contributed by atoms with Gasteiger partial charge in [0, 0.05) is 7.92 Å². The zero-order chi connectivity index (χ0) is 12.4. The highest BCUT2D eigenvalue weighted by Crippen LogP contribution is 2.22. The predicted molar refractivity (Wildman–Crippen MR) is 57.1 cm³/mol. The molecule has 0 bridgehead atoms. The Morgan fingerprint density at radius 3 is 3.31 bits per heavy atom. The summed E-state index contributed by atoms with van der Waals surface area (Å²) in [6, 6.07) is -0.115. The van der Waals surface area contributed by atoms with E-state index in [0.29, 0.717) is 23.6 Å². The number of aryl methyl sites for hydroxylation is 2. The lowest BCUT2D eigenvalue weighted by atomic mass is 10.1. The number of amides is 1. The van der Waals surface area contributed by atoms with Gasteiger partial charge in [-0.05, 0) is 26.7 Å². The van der Waals surface area contributed by atoms with Gasteiger partial charge in [0.1, 0.15) is 11.3 Å². The summed E-state index contributed by atoms with van der Waals surface area (Å²) in [6.45, 7) is 2.22. The monoisotopic (exact) mass is 225 g/mol. The number of likely N-dealkylation sites (tertiary alicyclic amines) is 1. The number of hydrogen-bond donors (Lipinski definition) is 1. The normalized spacial score (nSPS) is 21.2. The Bertz CT molecular complexity index is 419. The fourth-order valence-corrected chi connectivity index (χ4v) is 2.13. The molecule has 0 aliphatic carbocycles. The van der Waals surface area contributed by atoms with Crippen molar-refractivity contribution < 1.29 is 15.8 Å². The molecule has 0 radical (unpaired) electrons. The van der Waals surface area contributed by atoms with Crippen LogP contribution in [0.15, 0.2) is 4.52 Å². The SMILES string of the molecule is [2H]Cc1onc(C)c1C(=O)N1CCCC1CO. The van der Waals surface area contributed by atoms with Crippen molar-refractivity contribution in [3.63, 3.8) is 0 Å². The molecule has 16 heavy (non-hydrogen) atoms. The molecule has 0 saturated carbocycles. The van der Waals surface area contributed by atoms with Crippen LogP contribution in [0.4, 0.5) is 0 Å². The molecule has 2 rings (SSSR count). The Balaban J connectivity index is 2.27. The molecule has 1 aromatic heterocycles. The van der Waals surface area contributed by atoms with E-state index in [-0.39, 0.29) is 25.5 Å². The minimum atomic E-state index is -0.178. The van der Waals surface area contributed by atoms with Crippen LogP contribution in [0.5, 0.6) is 0 Å². The van der Waals surface area contributed by atoms with E-state index in [4.69, 9.17) is 5.89 Å². The average molecular weight is 225 g/mol. The quantitative estimate of drug-likeness (QED) is 0.811. The molecular weight excluding hydrogens is 208 g/mol. The van der Waals surface area contributed by atoms with Crippen LogP contribution in [0, 0.1) is 13.8 Å². The second kappa shape index (κ2) is 4.25. The van der Waals surface area contributed by atoms with Crippen molar-refractivity contribution in [1.82, 2.24) is 10.1 Å². The molecule has 5 heteroatoms. The minimum absolute atomic E-state index is 0.0216. The van der Waals surface area contributed by atoms with Crippen LogP contribution in [-0.4, -0.2) is 40.3 Å². The summed E-state index contributed by atoms with van der Waals surface area (Å²) in [5.41, 5.74) is 0.904. The molecular formula is C11H16N2O3. The third-order valence-electron chi connectivity index (χ3n) is 3.00. The molecule has 1 amide bonds. The Morgan fingerprint density at radius 1 is 1.81 bits per heavy atom. The van der Waals surface area contributed by atoms with Gasteiger partial charge in [0.25, 0.3) is 5.91 Å². The van der Waals surface area contributed by atoms with Crippen LogP contribution < -0.4 is 0 Å². The van der Waals surface area contributed by atoms with E-state index >= 15 is 0 Å². The van der Waals surface area contributed by atoms with Gasteiger partial charge in [-0.1, -0.05) is 5.16 Å². The van der Waals surface area contributed by atoms with Crippen LogP contribution in [0.3, 0.4) is 0 Å². The van der Waals surface area contributed by atoms with Crippen LogP contribution in [-0.2, 0) is 0 Å². The number of aliphatic hydroxyl groups is 1. The number of rotatable bonds is 2. The van der Waals surface area contributed by atoms with Crippen molar-refractivity contribution >= 4 is 5.91 Å². The summed E-state index contributed by atoms with van der Waals surface area (Å²) < 4.78 is 12.2. The minimum Gasteiger partial charge on any atom is -0.394 e. The number of carbonyl (C=O) groups is 1. The van der Waals surface area contributed by atoms with E-state index in [0.717, 1.165) is 12.8 Å². The topological polar surface area (TPSA) is 66.6 Å². The first-order valence-corrected chi connectivity index (χ1v) is 5.35. The van der Waals surface area contributed by atoms with Gasteiger partial charge in [0.2, 0.25) is 0 Å². The van der Waals surface area contributed by atoms with E-state index in [1.165, 1.54) is 0 Å². The molecule has 1 fully saturated rings. The third kappa shape index (κ3) is 1.71. The first kappa shape index (κ1) is 9.84. The smallest absolute Gasteiger partial charge is 0.259 e. The summed E-state index contributed by atoms with van der Waals surface area (Å²) in [5, 5.41) is 12.9. The molecule has 1 atom stereocenters. The lowest BCUT2D eigenvalue weighted by Gasteiger charge is -2.22. The molecule has 1 aliphatic heterocycles. The Hall–Kier alpha value is -1.36. The lowest BCUT2D eigenvalue weighted by Crippen LogP contribution is -2.38. The van der Waals surface area contributed by atoms with Crippen molar-refractivity contribution in [2.24, 2.45) is 0 Å². The lowest BCUT2D eigenvalue weighted by molar-refractivity contribution is 0.0675. The molecule has 88 valence electrons. The number of aliphatic hydroxyl groups excluding tert-OH is 1. The first-order chi connectivity index (χ1) is 8.19. The average Bonchev–Trinajstić information content (AvgIpc) is 2.93. The maximum Gasteiger partial charge on any atom is 0.259 e.